The average Bonchev–Trinajstić information content (AvgIpc) is 2.75. The Bertz CT molecular complexity index is 1060. The molecule has 3 atom stereocenters. The molecule has 1 aliphatic rings. The van der Waals surface area contributed by atoms with E-state index in [9.17, 15) is 24.6 Å². The van der Waals surface area contributed by atoms with E-state index in [1.807, 2.05) is 4.90 Å². The van der Waals surface area contributed by atoms with E-state index in [4.69, 9.17) is 10.8 Å². The van der Waals surface area contributed by atoms with Gasteiger partial charge in [0.15, 0.2) is 0 Å². The Hall–Kier alpha value is -3.84. The highest BCUT2D eigenvalue weighted by Crippen LogP contribution is 2.25. The van der Waals surface area contributed by atoms with Gasteiger partial charge in [0.05, 0.1) is 6.04 Å². The van der Waals surface area contributed by atoms with Crippen LogP contribution in [-0.4, -0.2) is 69.4 Å². The number of carboxylic acids is 2. The van der Waals surface area contributed by atoms with Crippen LogP contribution in [0.3, 0.4) is 0 Å². The van der Waals surface area contributed by atoms with E-state index in [1.54, 1.807) is 31.3 Å². The molecule has 3 unspecified atom stereocenters. The highest BCUT2D eigenvalue weighted by atomic mass is 16.4. The normalized spacial score (nSPS) is 16.9. The van der Waals surface area contributed by atoms with Crippen LogP contribution in [-0.2, 0) is 9.59 Å². The lowest BCUT2D eigenvalue weighted by Crippen LogP contribution is -2.48. The number of H-pyrrole nitrogens is 1. The fraction of sp³-hybridized carbons (Fsp3) is 0.400. The van der Waals surface area contributed by atoms with Gasteiger partial charge in [-0.25, -0.2) is 0 Å². The average molecular weight is 461 g/mol. The number of aliphatic hydroxyl groups is 1. The predicted octanol–water partition coefficient (Wildman–Crippen LogP) is -0.407. The van der Waals surface area contributed by atoms with Gasteiger partial charge in [0.1, 0.15) is 23.8 Å². The van der Waals surface area contributed by atoms with Crippen molar-refractivity contribution in [3.8, 4) is 0 Å². The van der Waals surface area contributed by atoms with Gasteiger partial charge < -0.3 is 41.6 Å². The molecule has 9 N–H and O–H groups in total. The van der Waals surface area contributed by atoms with E-state index in [0.717, 1.165) is 5.69 Å². The number of rotatable bonds is 10. The lowest BCUT2D eigenvalue weighted by atomic mass is 10.1. The second kappa shape index (κ2) is 10.2. The zero-order chi connectivity index (χ0) is 24.1. The summed E-state index contributed by atoms with van der Waals surface area (Å²) in [5.41, 5.74) is 6.76. The van der Waals surface area contributed by atoms with Crippen LogP contribution in [0.4, 0.5) is 23.1 Å². The summed E-state index contributed by atoms with van der Waals surface area (Å²) in [5.74, 6) is -1.78. The second-order valence-corrected chi connectivity index (χ2v) is 7.69. The molecule has 1 aliphatic heterocycles. The number of nitrogens with two attached hydrogens (primary N) is 1. The Morgan fingerprint density at radius 1 is 1.30 bits per heavy atom. The highest BCUT2D eigenvalue weighted by Gasteiger charge is 2.27. The first-order valence-electron chi connectivity index (χ1n) is 10.2. The monoisotopic (exact) mass is 461 g/mol. The van der Waals surface area contributed by atoms with Gasteiger partial charge in [-0.15, -0.1) is 0 Å². The molecule has 0 aliphatic carbocycles. The summed E-state index contributed by atoms with van der Waals surface area (Å²) in [6.07, 6.45) is -1.76. The van der Waals surface area contributed by atoms with Gasteiger partial charge in [0.2, 0.25) is 5.95 Å². The molecular weight excluding hydrogens is 434 g/mol. The number of nitrogen functional groups attached to an aromatic ring is 1. The molecule has 1 aromatic heterocycles. The van der Waals surface area contributed by atoms with Gasteiger partial charge in [-0.1, -0.05) is 12.1 Å². The molecule has 0 amide bonds. The summed E-state index contributed by atoms with van der Waals surface area (Å²) < 4.78 is 0. The molecule has 1 aromatic carbocycles. The van der Waals surface area contributed by atoms with Gasteiger partial charge in [-0.3, -0.25) is 19.7 Å². The summed E-state index contributed by atoms with van der Waals surface area (Å²) >= 11 is 0. The minimum Gasteiger partial charge on any atom is -0.481 e. The van der Waals surface area contributed by atoms with E-state index in [1.165, 1.54) is 0 Å². The smallest absolute Gasteiger partial charge is 0.320 e. The molecular formula is C20H27N7O6. The number of fused-ring (bicyclic) bond motifs is 1. The number of aromatic amines is 1. The van der Waals surface area contributed by atoms with Gasteiger partial charge in [0, 0.05) is 32.2 Å². The molecule has 0 radical (unpaired) electrons. The number of carbonyl (C=O) groups is 2. The Labute approximate surface area is 188 Å². The van der Waals surface area contributed by atoms with Crippen molar-refractivity contribution < 1.29 is 24.9 Å². The van der Waals surface area contributed by atoms with Gasteiger partial charge in [-0.2, -0.15) is 4.98 Å². The van der Waals surface area contributed by atoms with Gasteiger partial charge in [0.25, 0.3) is 5.56 Å². The van der Waals surface area contributed by atoms with Crippen molar-refractivity contribution >= 4 is 35.1 Å². The number of hydrogen-bond donors (Lipinski definition) is 8. The van der Waals surface area contributed by atoms with Crippen molar-refractivity contribution in [2.45, 2.75) is 31.2 Å². The van der Waals surface area contributed by atoms with Crippen LogP contribution in [0.15, 0.2) is 29.1 Å². The fourth-order valence-electron chi connectivity index (χ4n) is 3.54. The molecule has 0 fully saturated rings. The van der Waals surface area contributed by atoms with Crippen molar-refractivity contribution in [3.05, 3.63) is 40.2 Å². The number of hydrogen-bond acceptors (Lipinski definition) is 10. The van der Waals surface area contributed by atoms with Crippen LogP contribution in [0.25, 0.3) is 0 Å². The van der Waals surface area contributed by atoms with Crippen molar-refractivity contribution in [1.29, 1.82) is 0 Å². The second-order valence-electron chi connectivity index (χ2n) is 7.69. The number of likely N-dealkylation sites (N-methyl/N-ethyl adjacent to an activating group) is 1. The Balaban J connectivity index is 1.58. The summed E-state index contributed by atoms with van der Waals surface area (Å²) in [5, 5.41) is 37.2. The van der Waals surface area contributed by atoms with E-state index in [-0.39, 0.29) is 24.8 Å². The maximum atomic E-state index is 12.2. The van der Waals surface area contributed by atoms with Crippen LogP contribution in [0.2, 0.25) is 0 Å². The maximum Gasteiger partial charge on any atom is 0.320 e. The number of anilines is 4. The van der Waals surface area contributed by atoms with E-state index in [0.29, 0.717) is 30.2 Å². The van der Waals surface area contributed by atoms with Crippen LogP contribution < -0.4 is 32.1 Å². The Morgan fingerprint density at radius 2 is 2.00 bits per heavy atom. The Kier molecular flexibility index (Phi) is 7.35. The van der Waals surface area contributed by atoms with Gasteiger partial charge >= 0.3 is 11.9 Å². The van der Waals surface area contributed by atoms with Crippen LogP contribution in [0.5, 0.6) is 0 Å². The highest BCUT2D eigenvalue weighted by molar-refractivity contribution is 5.75. The fourth-order valence-corrected chi connectivity index (χ4v) is 3.54. The topological polar surface area (TPSA) is 206 Å². The van der Waals surface area contributed by atoms with E-state index >= 15 is 0 Å². The number of carboxylic acid groups (broad SMARTS) is 2. The number of benzene rings is 1. The molecule has 3 rings (SSSR count). The van der Waals surface area contributed by atoms with Crippen molar-refractivity contribution in [3.63, 3.8) is 0 Å². The van der Waals surface area contributed by atoms with Crippen LogP contribution >= 0.6 is 0 Å². The lowest BCUT2D eigenvalue weighted by Gasteiger charge is -2.35. The third-order valence-electron chi connectivity index (χ3n) is 5.40. The SMILES string of the molecule is CN1c2c([nH]c(N)nc2=O)NCC1CNc1ccc(C(O)NC(CCC(=O)O)C(=O)O)cc1. The van der Waals surface area contributed by atoms with Crippen molar-refractivity contribution in [1.82, 2.24) is 15.3 Å². The maximum absolute atomic E-state index is 12.2. The first kappa shape index (κ1) is 23.8. The zero-order valence-corrected chi connectivity index (χ0v) is 17.9. The molecule has 2 heterocycles. The number of aliphatic carboxylic acids is 2. The quantitative estimate of drug-likeness (QED) is 0.213. The minimum absolute atomic E-state index is 0.0459. The molecule has 13 heteroatoms. The number of nitrogens with zero attached hydrogens (tertiary/aromatic N) is 2. The summed E-state index contributed by atoms with van der Waals surface area (Å²) in [6, 6.07) is 5.47. The molecule has 2 aromatic rings. The standard InChI is InChI=1S/C20H27N7O6/c1-27-12(9-23-16-15(27)18(31)26-20(21)25-16)8-22-11-4-2-10(3-5-11)17(30)24-13(19(32)33)6-7-14(28)29/h2-5,12-13,17,22,24,30H,6-9H2,1H3,(H,28,29)(H,32,33)(H4,21,23,25,26,31). The van der Waals surface area contributed by atoms with Crippen molar-refractivity contribution in [2.24, 2.45) is 0 Å². The predicted molar refractivity (Wildman–Crippen MR) is 121 cm³/mol. The van der Waals surface area contributed by atoms with Crippen LogP contribution in [0, 0.1) is 0 Å². The van der Waals surface area contributed by atoms with Gasteiger partial charge in [-0.05, 0) is 24.1 Å². The Morgan fingerprint density at radius 3 is 2.64 bits per heavy atom. The first-order valence-corrected chi connectivity index (χ1v) is 10.2. The number of aromatic nitrogens is 2. The third-order valence-corrected chi connectivity index (χ3v) is 5.40. The number of nitrogens with one attached hydrogen (secondary N) is 4. The summed E-state index contributed by atoms with van der Waals surface area (Å²) in [4.78, 5) is 42.6. The van der Waals surface area contributed by atoms with Crippen molar-refractivity contribution in [2.75, 3.05) is 41.4 Å². The lowest BCUT2D eigenvalue weighted by molar-refractivity contribution is -0.141. The van der Waals surface area contributed by atoms with E-state index < -0.39 is 29.8 Å². The molecule has 178 valence electrons. The third kappa shape index (κ3) is 5.90. The largest absolute Gasteiger partial charge is 0.481 e. The molecule has 0 bridgehead atoms. The molecule has 0 saturated heterocycles. The number of aliphatic hydroxyl groups excluding tert-OH is 1. The zero-order valence-electron chi connectivity index (χ0n) is 17.9. The molecule has 33 heavy (non-hydrogen) atoms. The van der Waals surface area contributed by atoms with Crippen LogP contribution in [0.1, 0.15) is 24.6 Å². The molecule has 13 nitrogen and oxygen atoms in total. The minimum atomic E-state index is -1.27. The summed E-state index contributed by atoms with van der Waals surface area (Å²) in [6.45, 7) is 1.06. The first-order chi connectivity index (χ1) is 15.7. The molecule has 0 spiro atoms. The summed E-state index contributed by atoms with van der Waals surface area (Å²) in [7, 11) is 1.80. The molecule has 0 saturated carbocycles. The van der Waals surface area contributed by atoms with E-state index in [2.05, 4.69) is 25.9 Å².